The summed E-state index contributed by atoms with van der Waals surface area (Å²) in [6, 6.07) is 10.3. The molecule has 1 aromatic carbocycles. The van der Waals surface area contributed by atoms with Crippen LogP contribution >= 0.6 is 12.4 Å². The van der Waals surface area contributed by atoms with Crippen LogP contribution in [0.15, 0.2) is 30.3 Å². The maximum absolute atomic E-state index is 12.7. The molecule has 1 unspecified atom stereocenters. The van der Waals surface area contributed by atoms with Crippen LogP contribution in [0, 0.1) is 5.92 Å². The molecule has 0 spiro atoms. The zero-order valence-electron chi connectivity index (χ0n) is 13.6. The van der Waals surface area contributed by atoms with Gasteiger partial charge in [0.25, 0.3) is 0 Å². The number of morpholine rings is 1. The van der Waals surface area contributed by atoms with Crippen LogP contribution in [0.2, 0.25) is 0 Å². The Bertz CT molecular complexity index is 477. The Kier molecular flexibility index (Phi) is 7.34. The monoisotopic (exact) mass is 338 g/mol. The quantitative estimate of drug-likeness (QED) is 0.917. The molecule has 128 valence electrons. The van der Waals surface area contributed by atoms with Gasteiger partial charge in [-0.3, -0.25) is 4.79 Å². The zero-order chi connectivity index (χ0) is 15.2. The SMILES string of the molecule is Cl.O=C(CCC1CCNCC1)N1CCOCC1c1ccccc1. The summed E-state index contributed by atoms with van der Waals surface area (Å²) >= 11 is 0. The number of ether oxygens (including phenoxy) is 1. The standard InChI is InChI=1S/C18H26N2O2.ClH/c21-18(7-6-15-8-10-19-11-9-15)20-12-13-22-14-17(20)16-4-2-1-3-5-16;/h1-5,15,17,19H,6-14H2;1H. The predicted molar refractivity (Wildman–Crippen MR) is 93.8 cm³/mol. The van der Waals surface area contributed by atoms with Crippen LogP contribution in [0.4, 0.5) is 0 Å². The molecule has 0 aliphatic carbocycles. The van der Waals surface area contributed by atoms with Crippen molar-refractivity contribution >= 4 is 18.3 Å². The summed E-state index contributed by atoms with van der Waals surface area (Å²) in [5, 5.41) is 3.38. The van der Waals surface area contributed by atoms with Crippen LogP contribution in [0.25, 0.3) is 0 Å². The van der Waals surface area contributed by atoms with Crippen molar-refractivity contribution < 1.29 is 9.53 Å². The highest BCUT2D eigenvalue weighted by molar-refractivity contribution is 5.85. The summed E-state index contributed by atoms with van der Waals surface area (Å²) in [7, 11) is 0. The number of halogens is 1. The summed E-state index contributed by atoms with van der Waals surface area (Å²) in [4.78, 5) is 14.7. The summed E-state index contributed by atoms with van der Waals surface area (Å²) in [6.07, 6.45) is 4.12. The van der Waals surface area contributed by atoms with Gasteiger partial charge in [0.1, 0.15) is 0 Å². The van der Waals surface area contributed by atoms with Gasteiger partial charge in [0.15, 0.2) is 0 Å². The van der Waals surface area contributed by atoms with Gasteiger partial charge in [-0.2, -0.15) is 0 Å². The highest BCUT2D eigenvalue weighted by atomic mass is 35.5. The number of nitrogens with one attached hydrogen (secondary N) is 1. The molecule has 2 fully saturated rings. The molecule has 2 aliphatic heterocycles. The van der Waals surface area contributed by atoms with E-state index in [9.17, 15) is 4.79 Å². The van der Waals surface area contributed by atoms with Gasteiger partial charge in [0.05, 0.1) is 19.3 Å². The molecule has 1 N–H and O–H groups in total. The predicted octanol–water partition coefficient (Wildman–Crippen LogP) is 2.79. The van der Waals surface area contributed by atoms with Gasteiger partial charge in [0.2, 0.25) is 5.91 Å². The van der Waals surface area contributed by atoms with Gasteiger partial charge in [-0.25, -0.2) is 0 Å². The Hall–Kier alpha value is -1.10. The second-order valence-corrected chi connectivity index (χ2v) is 6.32. The fourth-order valence-electron chi connectivity index (χ4n) is 3.50. The minimum Gasteiger partial charge on any atom is -0.377 e. The number of amides is 1. The minimum atomic E-state index is 0. The molecule has 0 bridgehead atoms. The van der Waals surface area contributed by atoms with Gasteiger partial charge < -0.3 is 15.0 Å². The Morgan fingerprint density at radius 2 is 1.96 bits per heavy atom. The third kappa shape index (κ3) is 4.93. The highest BCUT2D eigenvalue weighted by Crippen LogP contribution is 2.26. The smallest absolute Gasteiger partial charge is 0.223 e. The van der Waals surface area contributed by atoms with Gasteiger partial charge in [-0.15, -0.1) is 12.4 Å². The van der Waals surface area contributed by atoms with Crippen molar-refractivity contribution in [3.63, 3.8) is 0 Å². The molecule has 1 atom stereocenters. The second kappa shape index (κ2) is 9.26. The van der Waals surface area contributed by atoms with Crippen molar-refractivity contribution in [2.24, 2.45) is 5.92 Å². The van der Waals surface area contributed by atoms with E-state index in [2.05, 4.69) is 17.4 Å². The van der Waals surface area contributed by atoms with E-state index in [1.807, 2.05) is 23.1 Å². The van der Waals surface area contributed by atoms with Gasteiger partial charge in [0, 0.05) is 13.0 Å². The maximum atomic E-state index is 12.7. The van der Waals surface area contributed by atoms with Crippen LogP contribution in [0.3, 0.4) is 0 Å². The van der Waals surface area contributed by atoms with E-state index in [0.29, 0.717) is 32.1 Å². The van der Waals surface area contributed by atoms with Crippen LogP contribution in [0.1, 0.15) is 37.3 Å². The Morgan fingerprint density at radius 1 is 1.22 bits per heavy atom. The fourth-order valence-corrected chi connectivity index (χ4v) is 3.50. The van der Waals surface area contributed by atoms with E-state index in [1.54, 1.807) is 0 Å². The molecular formula is C18H27ClN2O2. The number of hydrogen-bond acceptors (Lipinski definition) is 3. The molecule has 4 nitrogen and oxygen atoms in total. The summed E-state index contributed by atoms with van der Waals surface area (Å²) in [6.45, 7) is 4.18. The first-order valence-corrected chi connectivity index (χ1v) is 8.47. The number of hydrogen-bond donors (Lipinski definition) is 1. The molecule has 2 heterocycles. The van der Waals surface area contributed by atoms with E-state index < -0.39 is 0 Å². The average molecular weight is 339 g/mol. The van der Waals surface area contributed by atoms with Gasteiger partial charge in [-0.05, 0) is 43.8 Å². The lowest BCUT2D eigenvalue weighted by molar-refractivity contribution is -0.140. The van der Waals surface area contributed by atoms with E-state index >= 15 is 0 Å². The maximum Gasteiger partial charge on any atom is 0.223 e. The first-order valence-electron chi connectivity index (χ1n) is 8.47. The summed E-state index contributed by atoms with van der Waals surface area (Å²) in [5.74, 6) is 0.997. The first-order chi connectivity index (χ1) is 10.8. The van der Waals surface area contributed by atoms with Crippen molar-refractivity contribution in [3.8, 4) is 0 Å². The third-order valence-electron chi connectivity index (χ3n) is 4.86. The Morgan fingerprint density at radius 3 is 2.70 bits per heavy atom. The molecule has 2 saturated heterocycles. The highest BCUT2D eigenvalue weighted by Gasteiger charge is 2.28. The van der Waals surface area contributed by atoms with E-state index in [0.717, 1.165) is 19.5 Å². The van der Waals surface area contributed by atoms with Gasteiger partial charge >= 0.3 is 0 Å². The zero-order valence-corrected chi connectivity index (χ0v) is 14.4. The molecule has 23 heavy (non-hydrogen) atoms. The first kappa shape index (κ1) is 18.2. The molecule has 0 aromatic heterocycles. The lowest BCUT2D eigenvalue weighted by Gasteiger charge is -2.36. The molecule has 1 amide bonds. The fraction of sp³-hybridized carbons (Fsp3) is 0.611. The molecular weight excluding hydrogens is 312 g/mol. The lowest BCUT2D eigenvalue weighted by Crippen LogP contribution is -2.43. The minimum absolute atomic E-state index is 0. The third-order valence-corrected chi connectivity index (χ3v) is 4.86. The number of nitrogens with zero attached hydrogens (tertiary/aromatic N) is 1. The summed E-state index contributed by atoms with van der Waals surface area (Å²) in [5.41, 5.74) is 1.18. The topological polar surface area (TPSA) is 41.6 Å². The number of carbonyl (C=O) groups excluding carboxylic acids is 1. The number of rotatable bonds is 4. The van der Waals surface area contributed by atoms with Crippen molar-refractivity contribution in [1.82, 2.24) is 10.2 Å². The van der Waals surface area contributed by atoms with Crippen LogP contribution in [-0.4, -0.2) is 43.7 Å². The van der Waals surface area contributed by atoms with E-state index in [4.69, 9.17) is 4.74 Å². The van der Waals surface area contributed by atoms with Crippen molar-refractivity contribution in [2.45, 2.75) is 31.7 Å². The van der Waals surface area contributed by atoms with Crippen molar-refractivity contribution in [2.75, 3.05) is 32.8 Å². The van der Waals surface area contributed by atoms with Crippen molar-refractivity contribution in [1.29, 1.82) is 0 Å². The molecule has 1 aromatic rings. The molecule has 5 heteroatoms. The molecule has 2 aliphatic rings. The number of piperidine rings is 1. The van der Waals surface area contributed by atoms with E-state index in [1.165, 1.54) is 18.4 Å². The van der Waals surface area contributed by atoms with Crippen LogP contribution < -0.4 is 5.32 Å². The van der Waals surface area contributed by atoms with Gasteiger partial charge in [-0.1, -0.05) is 30.3 Å². The van der Waals surface area contributed by atoms with Crippen LogP contribution in [-0.2, 0) is 9.53 Å². The molecule has 0 radical (unpaired) electrons. The molecule has 0 saturated carbocycles. The largest absolute Gasteiger partial charge is 0.377 e. The summed E-state index contributed by atoms with van der Waals surface area (Å²) < 4.78 is 5.61. The Labute approximate surface area is 145 Å². The van der Waals surface area contributed by atoms with Crippen LogP contribution in [0.5, 0.6) is 0 Å². The molecule has 3 rings (SSSR count). The van der Waals surface area contributed by atoms with E-state index in [-0.39, 0.29) is 24.4 Å². The number of carbonyl (C=O) groups is 1. The number of benzene rings is 1. The lowest BCUT2D eigenvalue weighted by atomic mass is 9.92. The van der Waals surface area contributed by atoms with Crippen molar-refractivity contribution in [3.05, 3.63) is 35.9 Å². The Balaban J connectivity index is 0.00000192. The second-order valence-electron chi connectivity index (χ2n) is 6.32. The average Bonchev–Trinajstić information content (AvgIpc) is 2.61. The normalized spacial score (nSPS) is 22.4.